The monoisotopic (exact) mass is 386 g/mol. The lowest BCUT2D eigenvalue weighted by molar-refractivity contribution is -0.384. The van der Waals surface area contributed by atoms with Crippen LogP contribution in [0.15, 0.2) is 30.3 Å². The van der Waals surface area contributed by atoms with Gasteiger partial charge in [0.1, 0.15) is 0 Å². The molecule has 150 valence electrons. The van der Waals surface area contributed by atoms with Crippen molar-refractivity contribution in [1.29, 1.82) is 0 Å². The van der Waals surface area contributed by atoms with Crippen LogP contribution in [-0.2, 0) is 14.3 Å². The van der Waals surface area contributed by atoms with Crippen LogP contribution in [0, 0.1) is 20.9 Å². The van der Waals surface area contributed by atoms with Crippen LogP contribution < -0.4 is 0 Å². The second-order valence-electron chi connectivity index (χ2n) is 9.03. The molecular formula is C21H26N2O5. The van der Waals surface area contributed by atoms with Gasteiger partial charge >= 0.3 is 5.97 Å². The summed E-state index contributed by atoms with van der Waals surface area (Å²) in [7, 11) is 0. The third-order valence-corrected chi connectivity index (χ3v) is 5.59. The van der Waals surface area contributed by atoms with Crippen molar-refractivity contribution < 1.29 is 19.2 Å². The SMILES string of the molecule is CC1(C)C[C@@H]2C[C@](C)(CN2C(=O)COC(=O)/C=C/c2ccc([N+](=O)[O-])cc2)C1. The first-order valence-corrected chi connectivity index (χ1v) is 9.46. The number of likely N-dealkylation sites (tertiary alicyclic amines) is 1. The van der Waals surface area contributed by atoms with E-state index < -0.39 is 10.9 Å². The van der Waals surface area contributed by atoms with Gasteiger partial charge < -0.3 is 9.64 Å². The lowest BCUT2D eigenvalue weighted by atomic mass is 9.65. The predicted molar refractivity (Wildman–Crippen MR) is 104 cm³/mol. The lowest BCUT2D eigenvalue weighted by Crippen LogP contribution is -2.39. The molecule has 0 aromatic heterocycles. The van der Waals surface area contributed by atoms with Gasteiger partial charge in [-0.15, -0.1) is 0 Å². The molecule has 0 unspecified atom stereocenters. The van der Waals surface area contributed by atoms with E-state index in [1.165, 1.54) is 24.3 Å². The van der Waals surface area contributed by atoms with Crippen LogP contribution in [0.5, 0.6) is 0 Å². The van der Waals surface area contributed by atoms with Crippen molar-refractivity contribution in [1.82, 2.24) is 4.90 Å². The molecule has 1 aliphatic carbocycles. The van der Waals surface area contributed by atoms with Gasteiger partial charge in [0, 0.05) is 30.8 Å². The van der Waals surface area contributed by atoms with E-state index in [-0.39, 0.29) is 35.1 Å². The zero-order valence-corrected chi connectivity index (χ0v) is 16.5. The maximum absolute atomic E-state index is 12.6. The van der Waals surface area contributed by atoms with E-state index in [9.17, 15) is 19.7 Å². The van der Waals surface area contributed by atoms with E-state index in [0.717, 1.165) is 25.8 Å². The molecule has 1 aromatic rings. The topological polar surface area (TPSA) is 89.8 Å². The Morgan fingerprint density at radius 1 is 1.25 bits per heavy atom. The Bertz CT molecular complexity index is 815. The summed E-state index contributed by atoms with van der Waals surface area (Å²) < 4.78 is 5.11. The molecule has 2 fully saturated rings. The summed E-state index contributed by atoms with van der Waals surface area (Å²) in [6, 6.07) is 6.03. The molecule has 0 spiro atoms. The number of nitrogens with zero attached hydrogens (tertiary/aromatic N) is 2. The number of esters is 1. The molecule has 1 amide bonds. The number of hydrogen-bond acceptors (Lipinski definition) is 5. The minimum absolute atomic E-state index is 0.0157. The summed E-state index contributed by atoms with van der Waals surface area (Å²) in [4.78, 5) is 36.5. The van der Waals surface area contributed by atoms with Gasteiger partial charge in [0.2, 0.25) is 0 Å². The number of non-ortho nitro benzene ring substituents is 1. The van der Waals surface area contributed by atoms with Crippen LogP contribution in [0.25, 0.3) is 6.08 Å². The summed E-state index contributed by atoms with van der Waals surface area (Å²) in [6.07, 6.45) is 5.81. The van der Waals surface area contributed by atoms with Crippen LogP contribution in [0.2, 0.25) is 0 Å². The normalized spacial score (nSPS) is 25.7. The Labute approximate surface area is 164 Å². The van der Waals surface area contributed by atoms with Crippen LogP contribution >= 0.6 is 0 Å². The molecule has 7 nitrogen and oxygen atoms in total. The van der Waals surface area contributed by atoms with Crippen LogP contribution in [0.4, 0.5) is 5.69 Å². The Kier molecular flexibility index (Phi) is 5.28. The quantitative estimate of drug-likeness (QED) is 0.334. The van der Waals surface area contributed by atoms with Crippen molar-refractivity contribution in [3.05, 3.63) is 46.0 Å². The summed E-state index contributed by atoms with van der Waals surface area (Å²) in [5.41, 5.74) is 0.981. The van der Waals surface area contributed by atoms with Crippen molar-refractivity contribution >= 4 is 23.6 Å². The van der Waals surface area contributed by atoms with E-state index in [1.54, 1.807) is 12.1 Å². The molecule has 3 rings (SSSR count). The van der Waals surface area contributed by atoms with E-state index in [0.29, 0.717) is 5.56 Å². The van der Waals surface area contributed by atoms with Crippen molar-refractivity contribution in [2.75, 3.05) is 13.2 Å². The second-order valence-corrected chi connectivity index (χ2v) is 9.03. The van der Waals surface area contributed by atoms with Gasteiger partial charge in [0.05, 0.1) is 4.92 Å². The van der Waals surface area contributed by atoms with Crippen LogP contribution in [0.3, 0.4) is 0 Å². The van der Waals surface area contributed by atoms with Gasteiger partial charge in [-0.1, -0.05) is 20.8 Å². The minimum atomic E-state index is -0.611. The van der Waals surface area contributed by atoms with Gasteiger partial charge in [0.25, 0.3) is 11.6 Å². The van der Waals surface area contributed by atoms with Crippen LogP contribution in [0.1, 0.15) is 45.6 Å². The molecule has 0 N–H and O–H groups in total. The van der Waals surface area contributed by atoms with Crippen molar-refractivity contribution in [3.63, 3.8) is 0 Å². The lowest BCUT2D eigenvalue weighted by Gasteiger charge is -2.39. The van der Waals surface area contributed by atoms with Crippen LogP contribution in [-0.4, -0.2) is 40.9 Å². The third-order valence-electron chi connectivity index (χ3n) is 5.59. The number of nitro benzene ring substituents is 1. The standard InChI is InChI=1S/C21H26N2O5/c1-20(2)10-17-11-21(3,13-20)14-22(17)18(24)12-28-19(25)9-6-15-4-7-16(8-5-15)23(26)27/h4-9,17H,10-14H2,1-3H3/b9-6+/t17-,21+/m1/s1. The highest BCUT2D eigenvalue weighted by molar-refractivity contribution is 5.89. The molecule has 1 saturated heterocycles. The first kappa shape index (κ1) is 20.0. The highest BCUT2D eigenvalue weighted by Crippen LogP contribution is 2.52. The Balaban J connectivity index is 1.52. The summed E-state index contributed by atoms with van der Waals surface area (Å²) in [5, 5.41) is 10.6. The summed E-state index contributed by atoms with van der Waals surface area (Å²) >= 11 is 0. The highest BCUT2D eigenvalue weighted by atomic mass is 16.6. The van der Waals surface area contributed by atoms with Gasteiger partial charge in [-0.25, -0.2) is 4.79 Å². The predicted octanol–water partition coefficient (Wildman–Crippen LogP) is 3.58. The van der Waals surface area contributed by atoms with Gasteiger partial charge in [-0.2, -0.15) is 0 Å². The van der Waals surface area contributed by atoms with E-state index in [1.807, 2.05) is 4.90 Å². The van der Waals surface area contributed by atoms with Crippen molar-refractivity contribution in [2.24, 2.45) is 10.8 Å². The number of ether oxygens (including phenoxy) is 1. The largest absolute Gasteiger partial charge is 0.452 e. The maximum atomic E-state index is 12.6. The molecule has 1 saturated carbocycles. The maximum Gasteiger partial charge on any atom is 0.331 e. The molecule has 2 atom stereocenters. The summed E-state index contributed by atoms with van der Waals surface area (Å²) in [5.74, 6) is -0.760. The molecule has 0 radical (unpaired) electrons. The smallest absolute Gasteiger partial charge is 0.331 e. The summed E-state index contributed by atoms with van der Waals surface area (Å²) in [6.45, 7) is 7.17. The third kappa shape index (κ3) is 4.58. The van der Waals surface area contributed by atoms with Gasteiger partial charge in [0.15, 0.2) is 6.61 Å². The Morgan fingerprint density at radius 2 is 1.93 bits per heavy atom. The molecule has 1 heterocycles. The zero-order chi connectivity index (χ0) is 20.5. The average Bonchev–Trinajstić information content (AvgIpc) is 2.87. The second kappa shape index (κ2) is 7.37. The number of carbonyl (C=O) groups excluding carboxylic acids is 2. The molecule has 7 heteroatoms. The number of fused-ring (bicyclic) bond motifs is 2. The highest BCUT2D eigenvalue weighted by Gasteiger charge is 2.50. The fraction of sp³-hybridized carbons (Fsp3) is 0.524. The Morgan fingerprint density at radius 3 is 2.57 bits per heavy atom. The van der Waals surface area contributed by atoms with Gasteiger partial charge in [-0.3, -0.25) is 14.9 Å². The number of nitro groups is 1. The average molecular weight is 386 g/mol. The van der Waals surface area contributed by atoms with E-state index in [2.05, 4.69) is 20.8 Å². The molecule has 1 aliphatic heterocycles. The number of rotatable bonds is 5. The fourth-order valence-corrected chi connectivity index (χ4v) is 4.89. The van der Waals surface area contributed by atoms with Gasteiger partial charge in [-0.05, 0) is 53.9 Å². The molecule has 2 bridgehead atoms. The number of amides is 1. The Hall–Kier alpha value is -2.70. The van der Waals surface area contributed by atoms with E-state index >= 15 is 0 Å². The van der Waals surface area contributed by atoms with E-state index in [4.69, 9.17) is 4.74 Å². The zero-order valence-electron chi connectivity index (χ0n) is 16.5. The van der Waals surface area contributed by atoms with Crippen molar-refractivity contribution in [2.45, 2.75) is 46.1 Å². The molecule has 1 aromatic carbocycles. The number of carbonyl (C=O) groups is 2. The molecule has 28 heavy (non-hydrogen) atoms. The first-order chi connectivity index (χ1) is 13.1. The fourth-order valence-electron chi connectivity index (χ4n) is 4.89. The number of hydrogen-bond donors (Lipinski definition) is 0. The number of benzene rings is 1. The first-order valence-electron chi connectivity index (χ1n) is 9.46. The minimum Gasteiger partial charge on any atom is -0.452 e. The van der Waals surface area contributed by atoms with Crippen molar-refractivity contribution in [3.8, 4) is 0 Å². The molecular weight excluding hydrogens is 360 g/mol. The molecule has 2 aliphatic rings.